The number of aryl methyl sites for hydroxylation is 2. The number of nitrogens with one attached hydrogen (secondary N) is 1. The molecular weight excluding hydrogens is 202 g/mol. The van der Waals surface area contributed by atoms with Crippen LogP contribution in [0.4, 0.5) is 0 Å². The van der Waals surface area contributed by atoms with Crippen molar-refractivity contribution in [2.24, 2.45) is 0 Å². The first-order chi connectivity index (χ1) is 7.65. The molecule has 0 atom stereocenters. The van der Waals surface area contributed by atoms with Crippen LogP contribution in [-0.4, -0.2) is 16.1 Å². The molecule has 0 aliphatic heterocycles. The first-order valence-electron chi connectivity index (χ1n) is 5.48. The van der Waals surface area contributed by atoms with Gasteiger partial charge in [-0.3, -0.25) is 0 Å². The molecular formula is C13H15NO2. The Bertz CT molecular complexity index is 540. The van der Waals surface area contributed by atoms with Crippen LogP contribution in [0.3, 0.4) is 0 Å². The van der Waals surface area contributed by atoms with E-state index in [1.54, 1.807) is 6.20 Å². The van der Waals surface area contributed by atoms with Crippen LogP contribution in [0.25, 0.3) is 10.9 Å². The third kappa shape index (κ3) is 1.58. The van der Waals surface area contributed by atoms with Crippen LogP contribution < -0.4 is 0 Å². The lowest BCUT2D eigenvalue weighted by Gasteiger charge is -2.07. The fourth-order valence-corrected chi connectivity index (χ4v) is 2.14. The van der Waals surface area contributed by atoms with Crippen LogP contribution in [0.2, 0.25) is 0 Å². The van der Waals surface area contributed by atoms with Gasteiger partial charge in [0.2, 0.25) is 0 Å². The van der Waals surface area contributed by atoms with Gasteiger partial charge in [0.1, 0.15) is 0 Å². The van der Waals surface area contributed by atoms with E-state index in [2.05, 4.69) is 11.9 Å². The van der Waals surface area contributed by atoms with Crippen LogP contribution in [0.5, 0.6) is 0 Å². The summed E-state index contributed by atoms with van der Waals surface area (Å²) in [6.45, 7) is 4.13. The van der Waals surface area contributed by atoms with Crippen molar-refractivity contribution in [1.82, 2.24) is 4.98 Å². The van der Waals surface area contributed by atoms with Crippen molar-refractivity contribution in [1.29, 1.82) is 0 Å². The Hall–Kier alpha value is -1.77. The molecule has 3 heteroatoms. The molecule has 2 N–H and O–H groups in total. The summed E-state index contributed by atoms with van der Waals surface area (Å²) in [5, 5.41) is 10.0. The molecule has 0 radical (unpaired) electrons. The molecule has 0 bridgehead atoms. The van der Waals surface area contributed by atoms with Gasteiger partial charge < -0.3 is 10.1 Å². The smallest absolute Gasteiger partial charge is 0.337 e. The summed E-state index contributed by atoms with van der Waals surface area (Å²) in [4.78, 5) is 14.1. The Morgan fingerprint density at radius 2 is 2.19 bits per heavy atom. The number of aromatic nitrogens is 1. The highest BCUT2D eigenvalue weighted by Crippen LogP contribution is 2.26. The highest BCUT2D eigenvalue weighted by Gasteiger charge is 2.14. The molecule has 0 aliphatic carbocycles. The zero-order chi connectivity index (χ0) is 11.7. The lowest BCUT2D eigenvalue weighted by Crippen LogP contribution is -1.98. The van der Waals surface area contributed by atoms with E-state index in [9.17, 15) is 4.79 Å². The third-order valence-electron chi connectivity index (χ3n) is 2.92. The number of fused-ring (bicyclic) bond motifs is 1. The molecule has 2 aromatic rings. The van der Waals surface area contributed by atoms with Crippen LogP contribution in [0.1, 0.15) is 34.8 Å². The molecule has 0 amide bonds. The van der Waals surface area contributed by atoms with Gasteiger partial charge in [-0.15, -0.1) is 0 Å². The average molecular weight is 217 g/mol. The summed E-state index contributed by atoms with van der Waals surface area (Å²) in [6, 6.07) is 3.98. The van der Waals surface area contributed by atoms with Crippen LogP contribution in [0.15, 0.2) is 18.3 Å². The fraction of sp³-hybridized carbons (Fsp3) is 0.308. The maximum absolute atomic E-state index is 11.1. The Morgan fingerprint density at radius 3 is 2.81 bits per heavy atom. The van der Waals surface area contributed by atoms with Gasteiger partial charge in [0.25, 0.3) is 0 Å². The summed E-state index contributed by atoms with van der Waals surface area (Å²) in [5.41, 5.74) is 3.60. The number of H-pyrrole nitrogens is 1. The molecule has 1 aromatic heterocycles. The SMILES string of the molecule is CCCc1c(C)ccc2[nH]cc(C(=O)O)c12. The van der Waals surface area contributed by atoms with Gasteiger partial charge in [-0.05, 0) is 30.5 Å². The predicted molar refractivity (Wildman–Crippen MR) is 64.0 cm³/mol. The van der Waals surface area contributed by atoms with Gasteiger partial charge in [-0.1, -0.05) is 19.4 Å². The van der Waals surface area contributed by atoms with Crippen molar-refractivity contribution in [3.63, 3.8) is 0 Å². The summed E-state index contributed by atoms with van der Waals surface area (Å²) in [7, 11) is 0. The largest absolute Gasteiger partial charge is 0.478 e. The standard InChI is InChI=1S/C13H15NO2/c1-3-4-9-8(2)5-6-11-12(9)10(7-14-11)13(15)16/h5-7,14H,3-4H2,1-2H3,(H,15,16). The molecule has 0 aliphatic rings. The van der Waals surface area contributed by atoms with Gasteiger partial charge in [-0.2, -0.15) is 0 Å². The number of hydrogen-bond donors (Lipinski definition) is 2. The zero-order valence-electron chi connectivity index (χ0n) is 9.50. The van der Waals surface area contributed by atoms with E-state index in [4.69, 9.17) is 5.11 Å². The molecule has 0 fully saturated rings. The molecule has 0 spiro atoms. The number of hydrogen-bond acceptors (Lipinski definition) is 1. The summed E-state index contributed by atoms with van der Waals surface area (Å²) in [6.07, 6.45) is 3.51. The first-order valence-corrected chi connectivity index (χ1v) is 5.48. The summed E-state index contributed by atoms with van der Waals surface area (Å²) >= 11 is 0. The minimum absolute atomic E-state index is 0.377. The van der Waals surface area contributed by atoms with Gasteiger partial charge in [0, 0.05) is 17.1 Å². The maximum Gasteiger partial charge on any atom is 0.337 e. The van der Waals surface area contributed by atoms with E-state index in [1.165, 1.54) is 0 Å². The number of carbonyl (C=O) groups is 1. The van der Waals surface area contributed by atoms with E-state index in [0.717, 1.165) is 34.9 Å². The van der Waals surface area contributed by atoms with Crippen molar-refractivity contribution in [3.8, 4) is 0 Å². The summed E-state index contributed by atoms with van der Waals surface area (Å²) < 4.78 is 0. The Labute approximate surface area is 94.1 Å². The Balaban J connectivity index is 2.77. The molecule has 3 nitrogen and oxygen atoms in total. The lowest BCUT2D eigenvalue weighted by atomic mass is 9.97. The first kappa shape index (κ1) is 10.7. The zero-order valence-corrected chi connectivity index (χ0v) is 9.50. The predicted octanol–water partition coefficient (Wildman–Crippen LogP) is 3.13. The molecule has 1 aromatic carbocycles. The van der Waals surface area contributed by atoms with Gasteiger partial charge in [0.15, 0.2) is 0 Å². The highest BCUT2D eigenvalue weighted by molar-refractivity contribution is 6.04. The number of aromatic carboxylic acids is 1. The average Bonchev–Trinajstić information content (AvgIpc) is 2.66. The molecule has 84 valence electrons. The summed E-state index contributed by atoms with van der Waals surface area (Å²) in [5.74, 6) is -0.866. The quantitative estimate of drug-likeness (QED) is 0.829. The minimum atomic E-state index is -0.866. The van der Waals surface area contributed by atoms with Gasteiger partial charge in [-0.25, -0.2) is 4.79 Å². The van der Waals surface area contributed by atoms with E-state index >= 15 is 0 Å². The second-order valence-corrected chi connectivity index (χ2v) is 4.04. The molecule has 0 saturated heterocycles. The van der Waals surface area contributed by atoms with Crippen LogP contribution in [0, 0.1) is 6.92 Å². The third-order valence-corrected chi connectivity index (χ3v) is 2.92. The van der Waals surface area contributed by atoms with Crippen LogP contribution in [-0.2, 0) is 6.42 Å². The van der Waals surface area contributed by atoms with Gasteiger partial charge in [0.05, 0.1) is 5.56 Å². The molecule has 2 rings (SSSR count). The van der Waals surface area contributed by atoms with Gasteiger partial charge >= 0.3 is 5.97 Å². The monoisotopic (exact) mass is 217 g/mol. The topological polar surface area (TPSA) is 53.1 Å². The maximum atomic E-state index is 11.1. The van der Waals surface area contributed by atoms with Crippen LogP contribution >= 0.6 is 0 Å². The fourth-order valence-electron chi connectivity index (χ4n) is 2.14. The van der Waals surface area contributed by atoms with E-state index < -0.39 is 5.97 Å². The minimum Gasteiger partial charge on any atom is -0.478 e. The number of aromatic amines is 1. The molecule has 1 heterocycles. The Morgan fingerprint density at radius 1 is 1.44 bits per heavy atom. The van der Waals surface area contributed by atoms with E-state index in [-0.39, 0.29) is 0 Å². The van der Waals surface area contributed by atoms with E-state index in [0.29, 0.717) is 5.56 Å². The number of rotatable bonds is 3. The molecule has 0 unspecified atom stereocenters. The second kappa shape index (κ2) is 4.00. The number of carboxylic acids is 1. The second-order valence-electron chi connectivity index (χ2n) is 4.04. The van der Waals surface area contributed by atoms with Crippen molar-refractivity contribution < 1.29 is 9.90 Å². The highest BCUT2D eigenvalue weighted by atomic mass is 16.4. The molecule has 16 heavy (non-hydrogen) atoms. The normalized spacial score (nSPS) is 10.9. The Kier molecular flexibility index (Phi) is 2.69. The van der Waals surface area contributed by atoms with Crippen molar-refractivity contribution in [2.75, 3.05) is 0 Å². The van der Waals surface area contributed by atoms with Crippen molar-refractivity contribution >= 4 is 16.9 Å². The number of benzene rings is 1. The van der Waals surface area contributed by atoms with E-state index in [1.807, 2.05) is 19.1 Å². The number of carboxylic acid groups (broad SMARTS) is 1. The lowest BCUT2D eigenvalue weighted by molar-refractivity contribution is 0.0699. The molecule has 0 saturated carbocycles. The van der Waals surface area contributed by atoms with Crippen molar-refractivity contribution in [2.45, 2.75) is 26.7 Å². The van der Waals surface area contributed by atoms with Crippen molar-refractivity contribution in [3.05, 3.63) is 35.0 Å².